The lowest BCUT2D eigenvalue weighted by Gasteiger charge is -2.56. The minimum atomic E-state index is -0.280. The highest BCUT2D eigenvalue weighted by Crippen LogP contribution is 2.42. The maximum Gasteiger partial charge on any atom is 0.246 e. The molecule has 1 aromatic rings. The normalized spacial score (nSPS) is 31.2. The summed E-state index contributed by atoms with van der Waals surface area (Å²) in [5, 5.41) is 0.770. The van der Waals surface area contributed by atoms with Crippen LogP contribution in [0.3, 0.4) is 0 Å². The summed E-state index contributed by atoms with van der Waals surface area (Å²) in [5.74, 6) is 1.07. The molecule has 4 heterocycles. The van der Waals surface area contributed by atoms with E-state index >= 15 is 0 Å². The third-order valence-electron chi connectivity index (χ3n) is 7.43. The fraction of sp³-hybridized carbons (Fsp3) is 0.583. The van der Waals surface area contributed by atoms with E-state index in [9.17, 15) is 9.59 Å². The molecule has 4 aliphatic heterocycles. The highest BCUT2D eigenvalue weighted by Gasteiger charge is 2.52. The molecule has 5 rings (SSSR count). The first-order valence-electron chi connectivity index (χ1n) is 11.3. The van der Waals surface area contributed by atoms with Crippen LogP contribution in [0.25, 0.3) is 0 Å². The Morgan fingerprint density at radius 2 is 1.80 bits per heavy atom. The molecule has 0 saturated carbocycles. The van der Waals surface area contributed by atoms with Gasteiger partial charge in [-0.15, -0.1) is 0 Å². The van der Waals surface area contributed by atoms with Crippen molar-refractivity contribution in [3.05, 3.63) is 47.0 Å². The molecule has 160 valence electrons. The third-order valence-corrected chi connectivity index (χ3v) is 7.68. The van der Waals surface area contributed by atoms with Crippen molar-refractivity contribution in [2.24, 2.45) is 11.8 Å². The van der Waals surface area contributed by atoms with Gasteiger partial charge in [0.25, 0.3) is 0 Å². The van der Waals surface area contributed by atoms with E-state index in [1.807, 2.05) is 21.9 Å². The number of carbonyl (C=O) groups is 2. The Morgan fingerprint density at radius 1 is 1.07 bits per heavy atom. The predicted molar refractivity (Wildman–Crippen MR) is 117 cm³/mol. The summed E-state index contributed by atoms with van der Waals surface area (Å²) >= 11 is 6.02. The molecule has 6 heteroatoms. The van der Waals surface area contributed by atoms with Crippen molar-refractivity contribution >= 4 is 23.4 Å². The molecule has 1 aromatic carbocycles. The first-order chi connectivity index (χ1) is 14.6. The van der Waals surface area contributed by atoms with Crippen molar-refractivity contribution in [2.75, 3.05) is 32.7 Å². The lowest BCUT2D eigenvalue weighted by molar-refractivity contribution is -0.164. The molecule has 30 heavy (non-hydrogen) atoms. The van der Waals surface area contributed by atoms with Gasteiger partial charge in [-0.1, -0.05) is 35.9 Å². The van der Waals surface area contributed by atoms with E-state index in [-0.39, 0.29) is 29.8 Å². The summed E-state index contributed by atoms with van der Waals surface area (Å²) in [6.45, 7) is 4.28. The lowest BCUT2D eigenvalue weighted by atomic mass is 9.71. The molecule has 0 spiro atoms. The monoisotopic (exact) mass is 427 g/mol. The van der Waals surface area contributed by atoms with Gasteiger partial charge >= 0.3 is 0 Å². The van der Waals surface area contributed by atoms with Gasteiger partial charge in [-0.05, 0) is 49.3 Å². The molecular weight excluding hydrogens is 398 g/mol. The van der Waals surface area contributed by atoms with Crippen molar-refractivity contribution in [1.82, 2.24) is 14.7 Å². The largest absolute Gasteiger partial charge is 0.333 e. The highest BCUT2D eigenvalue weighted by molar-refractivity contribution is 6.30. The van der Waals surface area contributed by atoms with E-state index in [4.69, 9.17) is 11.6 Å². The van der Waals surface area contributed by atoms with Gasteiger partial charge in [0, 0.05) is 56.1 Å². The molecule has 0 N–H and O–H groups in total. The van der Waals surface area contributed by atoms with Gasteiger partial charge in [0.2, 0.25) is 11.8 Å². The molecule has 3 saturated heterocycles. The second-order valence-electron chi connectivity index (χ2n) is 9.31. The average molecular weight is 428 g/mol. The zero-order chi connectivity index (χ0) is 20.7. The fourth-order valence-electron chi connectivity index (χ4n) is 6.04. The van der Waals surface area contributed by atoms with Crippen LogP contribution in [-0.4, -0.2) is 71.3 Å². The van der Waals surface area contributed by atoms with Crippen molar-refractivity contribution in [3.63, 3.8) is 0 Å². The number of nitrogens with zero attached hydrogens (tertiary/aromatic N) is 3. The van der Waals surface area contributed by atoms with Crippen LogP contribution >= 0.6 is 11.6 Å². The van der Waals surface area contributed by atoms with E-state index in [1.165, 1.54) is 5.56 Å². The number of halogens is 1. The average Bonchev–Trinajstić information content (AvgIpc) is 3.29. The molecule has 0 radical (unpaired) electrons. The van der Waals surface area contributed by atoms with Crippen LogP contribution in [0.4, 0.5) is 0 Å². The maximum absolute atomic E-state index is 13.5. The Hall–Kier alpha value is -1.85. The predicted octanol–water partition coefficient (Wildman–Crippen LogP) is 2.98. The Morgan fingerprint density at radius 3 is 2.57 bits per heavy atom. The number of amides is 2. The molecule has 2 bridgehead atoms. The summed E-state index contributed by atoms with van der Waals surface area (Å²) in [6, 6.07) is 8.05. The van der Waals surface area contributed by atoms with Gasteiger partial charge in [0.15, 0.2) is 0 Å². The molecule has 4 aliphatic rings. The van der Waals surface area contributed by atoms with Crippen LogP contribution in [0.1, 0.15) is 31.2 Å². The topological polar surface area (TPSA) is 43.9 Å². The Bertz CT molecular complexity index is 831. The van der Waals surface area contributed by atoms with Crippen LogP contribution in [0.15, 0.2) is 36.4 Å². The Kier molecular flexibility index (Phi) is 5.59. The summed E-state index contributed by atoms with van der Waals surface area (Å²) < 4.78 is 0. The van der Waals surface area contributed by atoms with Gasteiger partial charge in [0.05, 0.1) is 0 Å². The van der Waals surface area contributed by atoms with Crippen molar-refractivity contribution in [3.8, 4) is 0 Å². The smallest absolute Gasteiger partial charge is 0.246 e. The number of fused-ring (bicyclic) bond motifs is 4. The molecule has 0 aliphatic carbocycles. The molecule has 0 unspecified atom stereocenters. The summed E-state index contributed by atoms with van der Waals surface area (Å²) in [4.78, 5) is 32.9. The highest BCUT2D eigenvalue weighted by atomic mass is 35.5. The number of hydrogen-bond acceptors (Lipinski definition) is 3. The maximum atomic E-state index is 13.5. The zero-order valence-electron chi connectivity index (χ0n) is 17.4. The van der Waals surface area contributed by atoms with Crippen LogP contribution in [0, 0.1) is 11.8 Å². The SMILES string of the molecule is O=C([C@H]1[C@@H]2C[C@@H](CN(CCc3ccc(Cl)cc3)C2)[C@@H]2CCCC(=O)N21)N1CC=CC1. The van der Waals surface area contributed by atoms with Crippen LogP contribution in [-0.2, 0) is 16.0 Å². The molecule has 5 nitrogen and oxygen atoms in total. The summed E-state index contributed by atoms with van der Waals surface area (Å²) in [5.41, 5.74) is 1.29. The lowest BCUT2D eigenvalue weighted by Crippen LogP contribution is -2.68. The molecule has 4 atom stereocenters. The number of hydrogen-bond donors (Lipinski definition) is 0. The van der Waals surface area contributed by atoms with E-state index in [1.54, 1.807) is 0 Å². The van der Waals surface area contributed by atoms with E-state index in [0.717, 1.165) is 50.3 Å². The standard InChI is InChI=1S/C24H30ClN3O2/c25-20-8-6-17(7-9-20)10-13-26-15-18-14-19(16-26)23(24(30)27-11-1-2-12-27)28-21(18)4-3-5-22(28)29/h1-2,6-9,18-19,21,23H,3-5,10-16H2/t18-,19+,21-,23+/m0/s1. The number of rotatable bonds is 4. The van der Waals surface area contributed by atoms with Crippen LogP contribution < -0.4 is 0 Å². The second-order valence-corrected chi connectivity index (χ2v) is 9.75. The van der Waals surface area contributed by atoms with Crippen molar-refractivity contribution in [2.45, 2.75) is 44.2 Å². The first-order valence-corrected chi connectivity index (χ1v) is 11.7. The van der Waals surface area contributed by atoms with Crippen molar-refractivity contribution in [1.29, 1.82) is 0 Å². The third kappa shape index (κ3) is 3.78. The summed E-state index contributed by atoms with van der Waals surface area (Å²) in [6.07, 6.45) is 8.76. The Labute approximate surface area is 183 Å². The molecule has 2 amide bonds. The quantitative estimate of drug-likeness (QED) is 0.694. The van der Waals surface area contributed by atoms with Gasteiger partial charge in [-0.3, -0.25) is 9.59 Å². The number of likely N-dealkylation sites (tertiary alicyclic amines) is 1. The van der Waals surface area contributed by atoms with Crippen molar-refractivity contribution < 1.29 is 9.59 Å². The molecular formula is C24H30ClN3O2. The molecule has 3 fully saturated rings. The number of benzene rings is 1. The van der Waals surface area contributed by atoms with Gasteiger partial charge in [-0.2, -0.15) is 0 Å². The number of carbonyl (C=O) groups excluding carboxylic acids is 2. The van der Waals surface area contributed by atoms with Gasteiger partial charge < -0.3 is 14.7 Å². The minimum absolute atomic E-state index is 0.156. The van der Waals surface area contributed by atoms with E-state index < -0.39 is 0 Å². The van der Waals surface area contributed by atoms with Gasteiger partial charge in [-0.25, -0.2) is 0 Å². The van der Waals surface area contributed by atoms with Crippen LogP contribution in [0.5, 0.6) is 0 Å². The summed E-state index contributed by atoms with van der Waals surface area (Å²) in [7, 11) is 0. The van der Waals surface area contributed by atoms with Gasteiger partial charge in [0.1, 0.15) is 6.04 Å². The Balaban J connectivity index is 1.34. The molecule has 0 aromatic heterocycles. The van der Waals surface area contributed by atoms with E-state index in [0.29, 0.717) is 25.4 Å². The van der Waals surface area contributed by atoms with E-state index in [2.05, 4.69) is 29.2 Å². The fourth-order valence-corrected chi connectivity index (χ4v) is 6.16. The number of piperidine rings is 3. The van der Waals surface area contributed by atoms with Crippen LogP contribution in [0.2, 0.25) is 5.02 Å². The minimum Gasteiger partial charge on any atom is -0.333 e. The zero-order valence-corrected chi connectivity index (χ0v) is 18.1. The second kappa shape index (κ2) is 8.35. The first kappa shape index (κ1) is 20.1.